The van der Waals surface area contributed by atoms with Crippen molar-refractivity contribution in [1.29, 1.82) is 0 Å². The topological polar surface area (TPSA) is 89.8 Å². The smallest absolute Gasteiger partial charge is 0.404 e. The summed E-state index contributed by atoms with van der Waals surface area (Å²) < 4.78 is 2.33. The lowest BCUT2D eigenvalue weighted by Gasteiger charge is -2.42. The Morgan fingerprint density at radius 2 is 1.78 bits per heavy atom. The molecule has 1 amide bonds. The zero-order valence-corrected chi connectivity index (χ0v) is 19.6. The lowest BCUT2D eigenvalue weighted by atomic mass is 9.79. The van der Waals surface area contributed by atoms with Gasteiger partial charge in [0.1, 0.15) is 0 Å². The van der Waals surface area contributed by atoms with Crippen LogP contribution in [-0.4, -0.2) is 45.0 Å². The number of hydrogen-bond acceptors (Lipinski definition) is 4. The van der Waals surface area contributed by atoms with E-state index in [-0.39, 0.29) is 6.54 Å². The number of anilines is 1. The van der Waals surface area contributed by atoms with Crippen molar-refractivity contribution in [3.8, 4) is 0 Å². The van der Waals surface area contributed by atoms with Crippen molar-refractivity contribution in [1.82, 2.24) is 14.8 Å². The number of nitrogens with one attached hydrogen (secondary N) is 2. The third-order valence-electron chi connectivity index (χ3n) is 7.99. The predicted molar refractivity (Wildman–Crippen MR) is 127 cm³/mol. The summed E-state index contributed by atoms with van der Waals surface area (Å²) in [7, 11) is 0. The summed E-state index contributed by atoms with van der Waals surface area (Å²) in [5.41, 5.74) is 6.04. The summed E-state index contributed by atoms with van der Waals surface area (Å²) in [6.45, 7) is 9.16. The van der Waals surface area contributed by atoms with Gasteiger partial charge in [-0.05, 0) is 75.0 Å². The number of aromatic nitrogens is 1. The van der Waals surface area contributed by atoms with Gasteiger partial charge in [-0.15, -0.1) is 0 Å². The molecule has 0 spiro atoms. The zero-order valence-electron chi connectivity index (χ0n) is 19.6. The molecule has 32 heavy (non-hydrogen) atoms. The van der Waals surface area contributed by atoms with Gasteiger partial charge in [0.15, 0.2) is 0 Å². The number of nitrogens with zero attached hydrogens (tertiary/aromatic N) is 2. The quantitative estimate of drug-likeness (QED) is 0.452. The number of amides is 1. The molecule has 1 aliphatic carbocycles. The first kappa shape index (κ1) is 22.9. The third kappa shape index (κ3) is 4.46. The standard InChI is InChI=1S/C25H38N4O3/c1-16(2)18-7-9-19(10-8-18)28-13-11-20(12-14-28)29-22-6-4-5-21(27-32)24(22)17(3)23(29)15-26-25(30)31/h4-6,16,18-20,26-27,32H,7-15H2,1-3H3,(H,30,31). The number of piperidine rings is 1. The number of aryl methyl sites for hydroxylation is 1. The van der Waals surface area contributed by atoms with Gasteiger partial charge in [0, 0.05) is 36.3 Å². The monoisotopic (exact) mass is 442 g/mol. The Morgan fingerprint density at radius 3 is 2.38 bits per heavy atom. The lowest BCUT2D eigenvalue weighted by Crippen LogP contribution is -2.44. The number of carboxylic acid groups (broad SMARTS) is 1. The normalized spacial score (nSPS) is 23.0. The molecular weight excluding hydrogens is 404 g/mol. The van der Waals surface area contributed by atoms with E-state index in [2.05, 4.69) is 40.2 Å². The van der Waals surface area contributed by atoms with Crippen LogP contribution in [0, 0.1) is 18.8 Å². The molecule has 1 saturated heterocycles. The van der Waals surface area contributed by atoms with Crippen molar-refractivity contribution in [2.45, 2.75) is 77.9 Å². The van der Waals surface area contributed by atoms with E-state index in [1.165, 1.54) is 25.7 Å². The summed E-state index contributed by atoms with van der Waals surface area (Å²) in [6, 6.07) is 6.91. The number of rotatable bonds is 6. The van der Waals surface area contributed by atoms with Gasteiger partial charge >= 0.3 is 6.09 Å². The van der Waals surface area contributed by atoms with Crippen molar-refractivity contribution < 1.29 is 15.1 Å². The van der Waals surface area contributed by atoms with Gasteiger partial charge in [0.05, 0.1) is 17.7 Å². The van der Waals surface area contributed by atoms with E-state index in [1.807, 2.05) is 19.1 Å². The van der Waals surface area contributed by atoms with E-state index in [0.717, 1.165) is 59.9 Å². The van der Waals surface area contributed by atoms with Gasteiger partial charge in [-0.1, -0.05) is 19.9 Å². The number of fused-ring (bicyclic) bond motifs is 1. The highest BCUT2D eigenvalue weighted by molar-refractivity contribution is 5.96. The van der Waals surface area contributed by atoms with Gasteiger partial charge in [-0.2, -0.15) is 0 Å². The Hall–Kier alpha value is -2.25. The highest BCUT2D eigenvalue weighted by atomic mass is 16.5. The highest BCUT2D eigenvalue weighted by Crippen LogP contribution is 2.39. The maximum Gasteiger partial charge on any atom is 0.404 e. The zero-order chi connectivity index (χ0) is 22.8. The van der Waals surface area contributed by atoms with Crippen LogP contribution < -0.4 is 10.8 Å². The molecule has 0 radical (unpaired) electrons. The van der Waals surface area contributed by atoms with Crippen LogP contribution in [0.1, 0.15) is 69.7 Å². The Labute approximate surface area is 190 Å². The molecule has 0 bridgehead atoms. The fourth-order valence-corrected chi connectivity index (χ4v) is 6.14. The van der Waals surface area contributed by atoms with Gasteiger partial charge < -0.3 is 19.9 Å². The first-order valence-electron chi connectivity index (χ1n) is 12.1. The molecule has 4 N–H and O–H groups in total. The minimum atomic E-state index is -1.02. The second-order valence-electron chi connectivity index (χ2n) is 9.99. The van der Waals surface area contributed by atoms with Crippen molar-refractivity contribution in [2.75, 3.05) is 18.6 Å². The summed E-state index contributed by atoms with van der Waals surface area (Å²) in [4.78, 5) is 13.9. The van der Waals surface area contributed by atoms with E-state index < -0.39 is 6.09 Å². The fraction of sp³-hybridized carbons (Fsp3) is 0.640. The summed E-state index contributed by atoms with van der Waals surface area (Å²) >= 11 is 0. The summed E-state index contributed by atoms with van der Waals surface area (Å²) in [5.74, 6) is 1.68. The number of benzene rings is 1. The number of carbonyl (C=O) groups is 1. The van der Waals surface area contributed by atoms with Gasteiger partial charge in [-0.25, -0.2) is 4.79 Å². The SMILES string of the molecule is Cc1c(CNC(=O)O)n(C2CCN(C3CCC(C(C)C)CC3)CC2)c2cccc(NO)c12. The Kier molecular flexibility index (Phi) is 6.96. The van der Waals surface area contributed by atoms with Crippen LogP contribution in [0.15, 0.2) is 18.2 Å². The molecule has 2 fully saturated rings. The summed E-state index contributed by atoms with van der Waals surface area (Å²) in [6.07, 6.45) is 6.44. The van der Waals surface area contributed by atoms with Crippen LogP contribution in [-0.2, 0) is 6.54 Å². The van der Waals surface area contributed by atoms with Crippen LogP contribution in [0.3, 0.4) is 0 Å². The molecule has 1 aromatic heterocycles. The van der Waals surface area contributed by atoms with E-state index in [4.69, 9.17) is 0 Å². The molecular formula is C25H38N4O3. The van der Waals surface area contributed by atoms with Crippen LogP contribution in [0.2, 0.25) is 0 Å². The van der Waals surface area contributed by atoms with Crippen molar-refractivity contribution in [2.24, 2.45) is 11.8 Å². The van der Waals surface area contributed by atoms with Gasteiger partial charge in [0.2, 0.25) is 0 Å². The van der Waals surface area contributed by atoms with E-state index in [9.17, 15) is 15.1 Å². The minimum absolute atomic E-state index is 0.264. The number of likely N-dealkylation sites (tertiary alicyclic amines) is 1. The largest absolute Gasteiger partial charge is 0.465 e. The van der Waals surface area contributed by atoms with Crippen molar-refractivity contribution in [3.05, 3.63) is 29.5 Å². The van der Waals surface area contributed by atoms with Crippen molar-refractivity contribution in [3.63, 3.8) is 0 Å². The molecule has 2 aliphatic rings. The molecule has 2 aromatic rings. The Bertz CT molecular complexity index is 938. The van der Waals surface area contributed by atoms with Gasteiger partial charge in [0.25, 0.3) is 0 Å². The van der Waals surface area contributed by atoms with E-state index in [0.29, 0.717) is 17.8 Å². The molecule has 7 nitrogen and oxygen atoms in total. The van der Waals surface area contributed by atoms with Crippen LogP contribution in [0.25, 0.3) is 10.9 Å². The van der Waals surface area contributed by atoms with Crippen LogP contribution in [0.4, 0.5) is 10.5 Å². The van der Waals surface area contributed by atoms with Crippen LogP contribution >= 0.6 is 0 Å². The lowest BCUT2D eigenvalue weighted by molar-refractivity contribution is 0.0888. The average Bonchev–Trinajstić information content (AvgIpc) is 3.09. The second-order valence-corrected chi connectivity index (χ2v) is 9.99. The third-order valence-corrected chi connectivity index (χ3v) is 7.99. The van der Waals surface area contributed by atoms with Crippen molar-refractivity contribution >= 4 is 22.7 Å². The Balaban J connectivity index is 1.54. The first-order chi connectivity index (χ1) is 15.4. The molecule has 0 atom stereocenters. The average molecular weight is 443 g/mol. The fourth-order valence-electron chi connectivity index (χ4n) is 6.14. The van der Waals surface area contributed by atoms with E-state index in [1.54, 1.807) is 0 Å². The predicted octanol–water partition coefficient (Wildman–Crippen LogP) is 5.37. The second kappa shape index (κ2) is 9.71. The van der Waals surface area contributed by atoms with Crippen LogP contribution in [0.5, 0.6) is 0 Å². The molecule has 176 valence electrons. The van der Waals surface area contributed by atoms with Gasteiger partial charge in [-0.3, -0.25) is 10.7 Å². The molecule has 7 heteroatoms. The summed E-state index contributed by atoms with van der Waals surface area (Å²) in [5, 5.41) is 22.4. The molecule has 1 aliphatic heterocycles. The maximum absolute atomic E-state index is 11.2. The molecule has 2 heterocycles. The minimum Gasteiger partial charge on any atom is -0.465 e. The molecule has 4 rings (SSSR count). The molecule has 1 saturated carbocycles. The Morgan fingerprint density at radius 1 is 1.09 bits per heavy atom. The maximum atomic E-state index is 11.2. The van der Waals surface area contributed by atoms with E-state index >= 15 is 0 Å². The molecule has 0 unspecified atom stereocenters. The first-order valence-corrected chi connectivity index (χ1v) is 12.1. The molecule has 1 aromatic carbocycles. The highest BCUT2D eigenvalue weighted by Gasteiger charge is 2.31. The number of hydrogen-bond donors (Lipinski definition) is 4.